The first-order chi connectivity index (χ1) is 9.15. The molecule has 0 amide bonds. The van der Waals surface area contributed by atoms with Crippen LogP contribution in [0.2, 0.25) is 5.02 Å². The molecule has 0 bridgehead atoms. The molecule has 1 aromatic carbocycles. The highest BCUT2D eigenvalue weighted by molar-refractivity contribution is 6.30. The van der Waals surface area contributed by atoms with Crippen LogP contribution in [0.3, 0.4) is 0 Å². The lowest BCUT2D eigenvalue weighted by Gasteiger charge is -2.42. The third kappa shape index (κ3) is 3.48. The number of hydrogen-bond acceptors (Lipinski definition) is 3. The largest absolute Gasteiger partial charge is 0.381 e. The number of benzene rings is 1. The monoisotopic (exact) mass is 282 g/mol. The minimum absolute atomic E-state index is 0.338. The molecule has 0 aromatic heterocycles. The zero-order valence-electron chi connectivity index (χ0n) is 11.7. The van der Waals surface area contributed by atoms with E-state index in [1.165, 1.54) is 5.56 Å². The summed E-state index contributed by atoms with van der Waals surface area (Å²) >= 11 is 6.08. The summed E-state index contributed by atoms with van der Waals surface area (Å²) in [5.74, 6) is 0. The minimum Gasteiger partial charge on any atom is -0.381 e. The van der Waals surface area contributed by atoms with Gasteiger partial charge in [0, 0.05) is 37.3 Å². The SMILES string of the molecule is COC1CCN(C(C)c2cccc(Cl)c2)C(CN)C1. The Labute approximate surface area is 120 Å². The fraction of sp³-hybridized carbons (Fsp3) is 0.600. The Morgan fingerprint density at radius 1 is 1.53 bits per heavy atom. The van der Waals surface area contributed by atoms with Gasteiger partial charge >= 0.3 is 0 Å². The van der Waals surface area contributed by atoms with E-state index in [4.69, 9.17) is 22.1 Å². The number of halogens is 1. The number of likely N-dealkylation sites (tertiary alicyclic amines) is 1. The van der Waals surface area contributed by atoms with Crippen LogP contribution in [0.25, 0.3) is 0 Å². The maximum Gasteiger partial charge on any atom is 0.0599 e. The molecule has 106 valence electrons. The zero-order chi connectivity index (χ0) is 13.8. The van der Waals surface area contributed by atoms with Gasteiger partial charge in [0.05, 0.1) is 6.10 Å². The van der Waals surface area contributed by atoms with Crippen molar-refractivity contribution in [3.63, 3.8) is 0 Å². The quantitative estimate of drug-likeness (QED) is 0.923. The summed E-state index contributed by atoms with van der Waals surface area (Å²) in [5, 5.41) is 0.792. The number of ether oxygens (including phenoxy) is 1. The van der Waals surface area contributed by atoms with E-state index >= 15 is 0 Å². The maximum absolute atomic E-state index is 6.08. The van der Waals surface area contributed by atoms with Gasteiger partial charge in [-0.3, -0.25) is 4.90 Å². The first-order valence-corrected chi connectivity index (χ1v) is 7.27. The summed E-state index contributed by atoms with van der Waals surface area (Å²) < 4.78 is 5.47. The lowest BCUT2D eigenvalue weighted by molar-refractivity contribution is -0.00163. The molecule has 1 fully saturated rings. The fourth-order valence-electron chi connectivity index (χ4n) is 2.95. The fourth-order valence-corrected chi connectivity index (χ4v) is 3.14. The molecular formula is C15H23ClN2O. The van der Waals surface area contributed by atoms with Crippen LogP contribution in [0.15, 0.2) is 24.3 Å². The third-order valence-electron chi connectivity index (χ3n) is 4.15. The van der Waals surface area contributed by atoms with Crippen LogP contribution in [-0.4, -0.2) is 37.2 Å². The van der Waals surface area contributed by atoms with Gasteiger partial charge in [-0.2, -0.15) is 0 Å². The van der Waals surface area contributed by atoms with Crippen molar-refractivity contribution in [3.05, 3.63) is 34.9 Å². The van der Waals surface area contributed by atoms with Crippen molar-refractivity contribution < 1.29 is 4.74 Å². The molecule has 0 saturated carbocycles. The summed E-state index contributed by atoms with van der Waals surface area (Å²) in [6.07, 6.45) is 2.42. The van der Waals surface area contributed by atoms with Crippen LogP contribution in [0.1, 0.15) is 31.4 Å². The van der Waals surface area contributed by atoms with Crippen molar-refractivity contribution in [1.82, 2.24) is 4.90 Å². The molecule has 1 heterocycles. The lowest BCUT2D eigenvalue weighted by atomic mass is 9.95. The average Bonchev–Trinajstić information content (AvgIpc) is 2.45. The van der Waals surface area contributed by atoms with Gasteiger partial charge in [0.1, 0.15) is 0 Å². The highest BCUT2D eigenvalue weighted by Gasteiger charge is 2.31. The van der Waals surface area contributed by atoms with E-state index in [1.54, 1.807) is 7.11 Å². The smallest absolute Gasteiger partial charge is 0.0599 e. The Kier molecular flexibility index (Phi) is 5.22. The van der Waals surface area contributed by atoms with Crippen molar-refractivity contribution >= 4 is 11.6 Å². The number of nitrogens with zero attached hydrogens (tertiary/aromatic N) is 1. The first-order valence-electron chi connectivity index (χ1n) is 6.89. The predicted molar refractivity (Wildman–Crippen MR) is 79.4 cm³/mol. The highest BCUT2D eigenvalue weighted by atomic mass is 35.5. The zero-order valence-corrected chi connectivity index (χ0v) is 12.4. The second-order valence-corrected chi connectivity index (χ2v) is 5.68. The van der Waals surface area contributed by atoms with E-state index in [0.717, 1.165) is 24.4 Å². The van der Waals surface area contributed by atoms with Crippen LogP contribution in [0.4, 0.5) is 0 Å². The molecule has 4 heteroatoms. The van der Waals surface area contributed by atoms with Crippen LogP contribution >= 0.6 is 11.6 Å². The van der Waals surface area contributed by atoms with Crippen molar-refractivity contribution in [2.45, 2.75) is 38.0 Å². The number of rotatable bonds is 4. The molecular weight excluding hydrogens is 260 g/mol. The summed E-state index contributed by atoms with van der Waals surface area (Å²) in [7, 11) is 1.79. The van der Waals surface area contributed by atoms with E-state index in [1.807, 2.05) is 18.2 Å². The van der Waals surface area contributed by atoms with Gasteiger partial charge in [0.25, 0.3) is 0 Å². The molecule has 1 aliphatic heterocycles. The van der Waals surface area contributed by atoms with Crippen LogP contribution in [0.5, 0.6) is 0 Å². The second kappa shape index (κ2) is 6.71. The highest BCUT2D eigenvalue weighted by Crippen LogP contribution is 2.30. The molecule has 0 radical (unpaired) electrons. The van der Waals surface area contributed by atoms with Crippen molar-refractivity contribution in [2.75, 3.05) is 20.2 Å². The standard InChI is InChI=1S/C15H23ClN2O/c1-11(12-4-3-5-13(16)8-12)18-7-6-15(19-2)9-14(18)10-17/h3-5,8,11,14-15H,6-7,9-10,17H2,1-2H3. The first kappa shape index (κ1) is 14.8. The van der Waals surface area contributed by atoms with Gasteiger partial charge in [-0.1, -0.05) is 23.7 Å². The van der Waals surface area contributed by atoms with Gasteiger partial charge < -0.3 is 10.5 Å². The summed E-state index contributed by atoms with van der Waals surface area (Å²) in [6.45, 7) is 3.92. The van der Waals surface area contributed by atoms with Crippen molar-refractivity contribution in [1.29, 1.82) is 0 Å². The molecule has 2 N–H and O–H groups in total. The molecule has 2 rings (SSSR count). The average molecular weight is 283 g/mol. The second-order valence-electron chi connectivity index (χ2n) is 5.24. The van der Waals surface area contributed by atoms with Crippen LogP contribution < -0.4 is 5.73 Å². The predicted octanol–water partition coefficient (Wildman–Crippen LogP) is 2.84. The Bertz CT molecular complexity index is 413. The molecule has 19 heavy (non-hydrogen) atoms. The Morgan fingerprint density at radius 2 is 2.32 bits per heavy atom. The number of methoxy groups -OCH3 is 1. The van der Waals surface area contributed by atoms with E-state index in [0.29, 0.717) is 24.7 Å². The van der Waals surface area contributed by atoms with E-state index in [2.05, 4.69) is 17.9 Å². The number of hydrogen-bond donors (Lipinski definition) is 1. The summed E-state index contributed by atoms with van der Waals surface area (Å²) in [4.78, 5) is 2.47. The van der Waals surface area contributed by atoms with Gasteiger partial charge in [0.2, 0.25) is 0 Å². The van der Waals surface area contributed by atoms with Crippen molar-refractivity contribution in [3.8, 4) is 0 Å². The molecule has 1 aromatic rings. The molecule has 3 atom stereocenters. The topological polar surface area (TPSA) is 38.5 Å². The van der Waals surface area contributed by atoms with Gasteiger partial charge in [-0.15, -0.1) is 0 Å². The van der Waals surface area contributed by atoms with Gasteiger partial charge in [-0.25, -0.2) is 0 Å². The lowest BCUT2D eigenvalue weighted by Crippen LogP contribution is -2.49. The molecule has 3 nitrogen and oxygen atoms in total. The van der Waals surface area contributed by atoms with Crippen LogP contribution in [-0.2, 0) is 4.74 Å². The molecule has 0 spiro atoms. The van der Waals surface area contributed by atoms with Gasteiger partial charge in [-0.05, 0) is 37.5 Å². The Hall–Kier alpha value is -0.610. The van der Waals surface area contributed by atoms with E-state index in [-0.39, 0.29) is 0 Å². The maximum atomic E-state index is 6.08. The third-order valence-corrected chi connectivity index (χ3v) is 4.38. The molecule has 1 saturated heterocycles. The van der Waals surface area contributed by atoms with Crippen molar-refractivity contribution in [2.24, 2.45) is 5.73 Å². The summed E-state index contributed by atoms with van der Waals surface area (Å²) in [5.41, 5.74) is 7.18. The molecule has 0 aliphatic carbocycles. The van der Waals surface area contributed by atoms with E-state index < -0.39 is 0 Å². The Balaban J connectivity index is 2.11. The summed E-state index contributed by atoms with van der Waals surface area (Å²) in [6, 6.07) is 8.81. The molecule has 1 aliphatic rings. The van der Waals surface area contributed by atoms with Gasteiger partial charge in [0.15, 0.2) is 0 Å². The number of piperidine rings is 1. The normalized spacial score (nSPS) is 26.3. The van der Waals surface area contributed by atoms with E-state index in [9.17, 15) is 0 Å². The van der Waals surface area contributed by atoms with Crippen LogP contribution in [0, 0.1) is 0 Å². The minimum atomic E-state index is 0.338. The Morgan fingerprint density at radius 3 is 2.95 bits per heavy atom. The number of nitrogens with two attached hydrogens (primary N) is 1. The molecule has 3 unspecified atom stereocenters.